The first-order chi connectivity index (χ1) is 12.9. The van der Waals surface area contributed by atoms with Crippen molar-refractivity contribution in [1.82, 2.24) is 4.90 Å². The molecule has 0 radical (unpaired) electrons. The van der Waals surface area contributed by atoms with Crippen LogP contribution in [0.4, 0.5) is 4.79 Å². The molecule has 0 aliphatic carbocycles. The molecule has 2 saturated heterocycles. The number of amides is 1. The van der Waals surface area contributed by atoms with Gasteiger partial charge in [0.2, 0.25) is 0 Å². The van der Waals surface area contributed by atoms with Crippen molar-refractivity contribution in [2.45, 2.75) is 90.5 Å². The van der Waals surface area contributed by atoms with Crippen molar-refractivity contribution in [1.29, 1.82) is 0 Å². The summed E-state index contributed by atoms with van der Waals surface area (Å²) in [6, 6.07) is 7.64. The second-order valence-electron chi connectivity index (χ2n) is 10.0. The zero-order valence-corrected chi connectivity index (χ0v) is 18.0. The van der Waals surface area contributed by atoms with Crippen LogP contribution in [0.25, 0.3) is 0 Å². The Morgan fingerprint density at radius 1 is 0.893 bits per heavy atom. The molecule has 5 nitrogen and oxygen atoms in total. The summed E-state index contributed by atoms with van der Waals surface area (Å²) in [7, 11) is 0. The molecule has 3 rings (SSSR count). The highest BCUT2D eigenvalue weighted by molar-refractivity contribution is 5.98. The van der Waals surface area contributed by atoms with Gasteiger partial charge in [-0.15, -0.1) is 0 Å². The molecular formula is C23H33NO4. The zero-order chi connectivity index (χ0) is 20.7. The molecule has 2 unspecified atom stereocenters. The minimum absolute atomic E-state index is 0.0365. The monoisotopic (exact) mass is 387 g/mol. The van der Waals surface area contributed by atoms with E-state index in [1.54, 1.807) is 0 Å². The van der Waals surface area contributed by atoms with Gasteiger partial charge in [-0.3, -0.25) is 4.79 Å². The van der Waals surface area contributed by atoms with E-state index in [0.717, 1.165) is 37.0 Å². The lowest BCUT2D eigenvalue weighted by atomic mass is 9.85. The highest BCUT2D eigenvalue weighted by atomic mass is 16.6. The molecule has 2 fully saturated rings. The molecule has 154 valence electrons. The van der Waals surface area contributed by atoms with Crippen LogP contribution in [0.3, 0.4) is 0 Å². The molecular weight excluding hydrogens is 354 g/mol. The average Bonchev–Trinajstić information content (AvgIpc) is 2.82. The largest absolute Gasteiger partial charge is 0.488 e. The molecule has 0 aromatic heterocycles. The van der Waals surface area contributed by atoms with E-state index in [0.29, 0.717) is 0 Å². The molecule has 0 spiro atoms. The van der Waals surface area contributed by atoms with Crippen LogP contribution >= 0.6 is 0 Å². The summed E-state index contributed by atoms with van der Waals surface area (Å²) >= 11 is 0. The molecule has 2 bridgehead atoms. The lowest BCUT2D eigenvalue weighted by Gasteiger charge is -2.39. The van der Waals surface area contributed by atoms with Gasteiger partial charge in [0.05, 0.1) is 0 Å². The van der Waals surface area contributed by atoms with Gasteiger partial charge < -0.3 is 14.4 Å². The molecule has 0 N–H and O–H groups in total. The van der Waals surface area contributed by atoms with Gasteiger partial charge in [0.15, 0.2) is 5.78 Å². The summed E-state index contributed by atoms with van der Waals surface area (Å²) in [5, 5.41) is 0. The van der Waals surface area contributed by atoms with Gasteiger partial charge in [-0.05, 0) is 91.5 Å². The first-order valence-electron chi connectivity index (χ1n) is 10.3. The minimum atomic E-state index is -0.500. The first kappa shape index (κ1) is 20.7. The van der Waals surface area contributed by atoms with Crippen LogP contribution < -0.4 is 4.74 Å². The third-order valence-corrected chi connectivity index (χ3v) is 5.27. The first-order valence-corrected chi connectivity index (χ1v) is 10.3. The maximum absolute atomic E-state index is 13.0. The number of hydrogen-bond acceptors (Lipinski definition) is 4. The van der Waals surface area contributed by atoms with E-state index in [-0.39, 0.29) is 35.5 Å². The molecule has 2 atom stereocenters. The van der Waals surface area contributed by atoms with Crippen molar-refractivity contribution >= 4 is 11.9 Å². The zero-order valence-electron chi connectivity index (χ0n) is 18.0. The third kappa shape index (κ3) is 4.86. The normalized spacial score (nSPS) is 24.8. The number of piperidine rings is 1. The molecule has 1 aromatic rings. The maximum Gasteiger partial charge on any atom is 0.410 e. The van der Waals surface area contributed by atoms with Gasteiger partial charge >= 0.3 is 6.09 Å². The van der Waals surface area contributed by atoms with Gasteiger partial charge in [0, 0.05) is 23.6 Å². The van der Waals surface area contributed by atoms with Gasteiger partial charge in [-0.1, -0.05) is 0 Å². The number of benzene rings is 1. The van der Waals surface area contributed by atoms with Crippen LogP contribution in [0.5, 0.6) is 5.75 Å². The summed E-state index contributed by atoms with van der Waals surface area (Å²) < 4.78 is 11.4. The van der Waals surface area contributed by atoms with E-state index < -0.39 is 5.60 Å². The van der Waals surface area contributed by atoms with E-state index >= 15 is 0 Å². The summed E-state index contributed by atoms with van der Waals surface area (Å²) in [5.74, 6) is 0.900. The Morgan fingerprint density at radius 3 is 1.89 bits per heavy atom. The van der Waals surface area contributed by atoms with Crippen molar-refractivity contribution in [2.24, 2.45) is 5.92 Å². The fraction of sp³-hybridized carbons (Fsp3) is 0.652. The smallest absolute Gasteiger partial charge is 0.410 e. The molecule has 2 aliphatic heterocycles. The van der Waals surface area contributed by atoms with E-state index in [4.69, 9.17) is 9.47 Å². The Labute approximate surface area is 168 Å². The second-order valence-corrected chi connectivity index (χ2v) is 10.0. The van der Waals surface area contributed by atoms with Crippen molar-refractivity contribution in [3.8, 4) is 5.75 Å². The number of nitrogens with zero attached hydrogens (tertiary/aromatic N) is 1. The molecule has 1 amide bonds. The van der Waals surface area contributed by atoms with Crippen LogP contribution in [0.15, 0.2) is 24.3 Å². The number of fused-ring (bicyclic) bond motifs is 2. The molecule has 28 heavy (non-hydrogen) atoms. The molecule has 2 aliphatic rings. The molecule has 0 saturated carbocycles. The quantitative estimate of drug-likeness (QED) is 0.667. The molecule has 5 heteroatoms. The number of hydrogen-bond donors (Lipinski definition) is 0. The topological polar surface area (TPSA) is 55.8 Å². The minimum Gasteiger partial charge on any atom is -0.488 e. The summed E-state index contributed by atoms with van der Waals surface area (Å²) in [4.78, 5) is 27.5. The third-order valence-electron chi connectivity index (χ3n) is 5.27. The van der Waals surface area contributed by atoms with Crippen LogP contribution in [0, 0.1) is 5.92 Å². The summed E-state index contributed by atoms with van der Waals surface area (Å²) in [5.41, 5.74) is -0.0457. The SMILES string of the molecule is CC(C)(C)OC(=O)N1C2CCC1CC(C(=O)c1ccc(OC(C)(C)C)cc1)C2. The van der Waals surface area contributed by atoms with Crippen molar-refractivity contribution in [2.75, 3.05) is 0 Å². The summed E-state index contributed by atoms with van der Waals surface area (Å²) in [6.07, 6.45) is 3.09. The van der Waals surface area contributed by atoms with Gasteiger partial charge in [-0.25, -0.2) is 4.79 Å². The molecule has 2 heterocycles. The van der Waals surface area contributed by atoms with Crippen LogP contribution in [0.2, 0.25) is 0 Å². The van der Waals surface area contributed by atoms with Crippen LogP contribution in [0.1, 0.15) is 77.6 Å². The van der Waals surface area contributed by atoms with Gasteiger partial charge in [0.1, 0.15) is 17.0 Å². The Bertz CT molecular complexity index is 712. The van der Waals surface area contributed by atoms with Gasteiger partial charge in [0.25, 0.3) is 0 Å². The van der Waals surface area contributed by atoms with E-state index in [1.807, 2.05) is 70.7 Å². The molecule has 1 aromatic carbocycles. The lowest BCUT2D eigenvalue weighted by Crippen LogP contribution is -2.49. The van der Waals surface area contributed by atoms with Crippen molar-refractivity contribution < 1.29 is 19.1 Å². The second kappa shape index (κ2) is 7.41. The Balaban J connectivity index is 1.65. The van der Waals surface area contributed by atoms with E-state index in [9.17, 15) is 9.59 Å². The lowest BCUT2D eigenvalue weighted by molar-refractivity contribution is 0.00253. The van der Waals surface area contributed by atoms with E-state index in [2.05, 4.69) is 0 Å². The van der Waals surface area contributed by atoms with Crippen LogP contribution in [-0.2, 0) is 4.74 Å². The average molecular weight is 388 g/mol. The van der Waals surface area contributed by atoms with Gasteiger partial charge in [-0.2, -0.15) is 0 Å². The van der Waals surface area contributed by atoms with Crippen molar-refractivity contribution in [3.05, 3.63) is 29.8 Å². The number of carbonyl (C=O) groups is 2. The number of ketones is 1. The number of rotatable bonds is 3. The number of carbonyl (C=O) groups excluding carboxylic acids is 2. The highest BCUT2D eigenvalue weighted by Gasteiger charge is 2.46. The predicted molar refractivity (Wildman–Crippen MR) is 109 cm³/mol. The maximum atomic E-state index is 13.0. The Hall–Kier alpha value is -2.04. The van der Waals surface area contributed by atoms with Crippen LogP contribution in [-0.4, -0.2) is 40.1 Å². The predicted octanol–water partition coefficient (Wildman–Crippen LogP) is 5.22. The Morgan fingerprint density at radius 2 is 1.43 bits per heavy atom. The fourth-order valence-corrected chi connectivity index (χ4v) is 4.28. The fourth-order valence-electron chi connectivity index (χ4n) is 4.28. The Kier molecular flexibility index (Phi) is 5.48. The number of ether oxygens (including phenoxy) is 2. The summed E-state index contributed by atoms with van der Waals surface area (Å²) in [6.45, 7) is 11.7. The number of Topliss-reactive ketones (excluding diaryl/α,β-unsaturated/α-hetero) is 1. The standard InChI is InChI=1S/C23H33NO4/c1-22(2,3)27-19-11-7-15(8-12-19)20(25)16-13-17-9-10-18(14-16)24(17)21(26)28-23(4,5)6/h7-8,11-12,16-18H,9-10,13-14H2,1-6H3. The highest BCUT2D eigenvalue weighted by Crippen LogP contribution is 2.40. The van der Waals surface area contributed by atoms with E-state index in [1.165, 1.54) is 0 Å². The van der Waals surface area contributed by atoms with Crippen molar-refractivity contribution in [3.63, 3.8) is 0 Å².